The molecule has 0 aromatic heterocycles. The molecule has 0 spiro atoms. The molecule has 1 heterocycles. The van der Waals surface area contributed by atoms with Gasteiger partial charge in [-0.2, -0.15) is 0 Å². The first-order valence-corrected chi connectivity index (χ1v) is 12.7. The molecule has 4 nitrogen and oxygen atoms in total. The molecule has 9 atom stereocenters. The molecule has 5 saturated carbocycles. The van der Waals surface area contributed by atoms with Crippen molar-refractivity contribution in [2.45, 2.75) is 90.5 Å². The van der Waals surface area contributed by atoms with Crippen molar-refractivity contribution >= 4 is 17.4 Å². The van der Waals surface area contributed by atoms with Crippen LogP contribution in [-0.2, 0) is 9.59 Å². The smallest absolute Gasteiger partial charge is 0.223 e. The van der Waals surface area contributed by atoms with Gasteiger partial charge in [0.25, 0.3) is 0 Å². The first-order chi connectivity index (χ1) is 14.4. The Hall–Kier alpha value is -1.19. The fraction of sp³-hybridized carbons (Fsp3) is 0.885. The molecule has 2 bridgehead atoms. The number of nitrogens with one attached hydrogen (secondary N) is 1. The Kier molecular flexibility index (Phi) is 4.32. The predicted octanol–water partition coefficient (Wildman–Crippen LogP) is 4.56. The lowest BCUT2D eigenvalue weighted by molar-refractivity contribution is -0.132. The molecule has 6 rings (SSSR count). The third-order valence-electron chi connectivity index (χ3n) is 11.1. The van der Waals surface area contributed by atoms with Crippen LogP contribution in [-0.4, -0.2) is 30.0 Å². The van der Waals surface area contributed by atoms with Crippen LogP contribution in [0.3, 0.4) is 0 Å². The molecule has 0 saturated heterocycles. The van der Waals surface area contributed by atoms with Crippen LogP contribution in [0.1, 0.15) is 84.5 Å². The van der Waals surface area contributed by atoms with Gasteiger partial charge in [0, 0.05) is 42.5 Å². The Morgan fingerprint density at radius 2 is 1.90 bits per heavy atom. The van der Waals surface area contributed by atoms with E-state index in [0.29, 0.717) is 41.9 Å². The highest BCUT2D eigenvalue weighted by atomic mass is 16.2. The topological polar surface area (TPSA) is 58.5 Å². The second-order valence-electron chi connectivity index (χ2n) is 12.3. The standard InChI is InChI=1S/C26H38N2O2/c1-25-10-8-20-18(14-27-23-13-17(29)7-9-26(20,23)2)19(25)5-6-21(25)24(30)28-22-12-15-3-4-16(22)11-15/h15-16,18-22H,3-14H2,1-2H3,(H,28,30)/t15?,16?,18-,19-,20-,21+,22?,25-,26+/m0/s1. The summed E-state index contributed by atoms with van der Waals surface area (Å²) >= 11 is 0. The van der Waals surface area contributed by atoms with E-state index in [1.807, 2.05) is 0 Å². The van der Waals surface area contributed by atoms with Crippen molar-refractivity contribution in [3.05, 3.63) is 0 Å². The van der Waals surface area contributed by atoms with Crippen LogP contribution < -0.4 is 5.32 Å². The second-order valence-corrected chi connectivity index (χ2v) is 12.3. The summed E-state index contributed by atoms with van der Waals surface area (Å²) in [6.07, 6.45) is 12.2. The van der Waals surface area contributed by atoms with Gasteiger partial charge in [-0.3, -0.25) is 14.6 Å². The minimum absolute atomic E-state index is 0.127. The van der Waals surface area contributed by atoms with Gasteiger partial charge in [-0.25, -0.2) is 0 Å². The molecule has 3 unspecified atom stereocenters. The maximum atomic E-state index is 13.4. The molecular formula is C26H38N2O2. The first kappa shape index (κ1) is 19.5. The number of hydrogen-bond donors (Lipinski definition) is 1. The average molecular weight is 411 g/mol. The summed E-state index contributed by atoms with van der Waals surface area (Å²) < 4.78 is 0. The van der Waals surface area contributed by atoms with Crippen molar-refractivity contribution in [3.63, 3.8) is 0 Å². The van der Waals surface area contributed by atoms with E-state index < -0.39 is 0 Å². The van der Waals surface area contributed by atoms with Gasteiger partial charge in [0.15, 0.2) is 0 Å². The van der Waals surface area contributed by atoms with Crippen molar-refractivity contribution in [1.82, 2.24) is 5.32 Å². The molecule has 6 aliphatic rings. The predicted molar refractivity (Wildman–Crippen MR) is 117 cm³/mol. The van der Waals surface area contributed by atoms with E-state index in [-0.39, 0.29) is 16.7 Å². The quantitative estimate of drug-likeness (QED) is 0.725. The van der Waals surface area contributed by atoms with Crippen LogP contribution in [0.25, 0.3) is 0 Å². The molecule has 30 heavy (non-hydrogen) atoms. The highest BCUT2D eigenvalue weighted by Gasteiger charge is 2.60. The van der Waals surface area contributed by atoms with Crippen molar-refractivity contribution in [3.8, 4) is 0 Å². The Labute approximate surface area is 181 Å². The van der Waals surface area contributed by atoms with E-state index in [1.165, 1.54) is 50.7 Å². The number of carbonyl (C=O) groups excluding carboxylic acids is 2. The van der Waals surface area contributed by atoms with Crippen molar-refractivity contribution in [2.75, 3.05) is 6.54 Å². The van der Waals surface area contributed by atoms with Gasteiger partial charge in [0.1, 0.15) is 5.78 Å². The highest BCUT2D eigenvalue weighted by Crippen LogP contribution is 2.63. The molecule has 1 aliphatic heterocycles. The summed E-state index contributed by atoms with van der Waals surface area (Å²) in [4.78, 5) is 30.5. The number of ketones is 1. The molecule has 0 radical (unpaired) electrons. The van der Waals surface area contributed by atoms with E-state index in [1.54, 1.807) is 0 Å². The molecule has 1 amide bonds. The largest absolute Gasteiger partial charge is 0.353 e. The number of aliphatic imine (C=N–C) groups is 1. The van der Waals surface area contributed by atoms with Gasteiger partial charge in [0.2, 0.25) is 5.91 Å². The number of rotatable bonds is 2. The Bertz CT molecular complexity index is 805. The second kappa shape index (κ2) is 6.65. The maximum absolute atomic E-state index is 13.4. The summed E-state index contributed by atoms with van der Waals surface area (Å²) in [7, 11) is 0. The normalized spacial score (nSPS) is 51.7. The zero-order chi connectivity index (χ0) is 20.7. The monoisotopic (exact) mass is 410 g/mol. The molecule has 4 heteroatoms. The van der Waals surface area contributed by atoms with Crippen LogP contribution in [0.2, 0.25) is 0 Å². The van der Waals surface area contributed by atoms with Crippen LogP contribution in [0.5, 0.6) is 0 Å². The third kappa shape index (κ3) is 2.67. The van der Waals surface area contributed by atoms with E-state index in [0.717, 1.165) is 37.6 Å². The van der Waals surface area contributed by atoms with Crippen molar-refractivity contribution in [2.24, 2.45) is 51.3 Å². The molecule has 5 aliphatic carbocycles. The molecule has 164 valence electrons. The Morgan fingerprint density at radius 1 is 1.03 bits per heavy atom. The summed E-state index contributed by atoms with van der Waals surface area (Å²) in [6, 6.07) is 0.454. The summed E-state index contributed by atoms with van der Waals surface area (Å²) in [5.74, 6) is 4.43. The van der Waals surface area contributed by atoms with Gasteiger partial charge in [-0.15, -0.1) is 0 Å². The van der Waals surface area contributed by atoms with Crippen LogP contribution in [0, 0.1) is 46.3 Å². The van der Waals surface area contributed by atoms with Crippen LogP contribution in [0.15, 0.2) is 4.99 Å². The fourth-order valence-electron chi connectivity index (χ4n) is 9.34. The zero-order valence-corrected chi connectivity index (χ0v) is 18.8. The number of nitrogens with zero attached hydrogens (tertiary/aromatic N) is 1. The number of hydrogen-bond acceptors (Lipinski definition) is 3. The third-order valence-corrected chi connectivity index (χ3v) is 11.1. The molecular weight excluding hydrogens is 372 g/mol. The van der Waals surface area contributed by atoms with Gasteiger partial charge in [-0.1, -0.05) is 20.3 Å². The lowest BCUT2D eigenvalue weighted by Crippen LogP contribution is -2.55. The zero-order valence-electron chi connectivity index (χ0n) is 18.8. The Balaban J connectivity index is 1.21. The van der Waals surface area contributed by atoms with Gasteiger partial charge < -0.3 is 5.32 Å². The van der Waals surface area contributed by atoms with E-state index in [9.17, 15) is 9.59 Å². The fourth-order valence-corrected chi connectivity index (χ4v) is 9.34. The SMILES string of the molecule is C[C@]12CC[C@H]3[C@@H](CN=C4CC(=O)CC[C@@]43C)[C@@H]1CC[C@@H]2C(=O)NC1CC2CCC1C2. The van der Waals surface area contributed by atoms with Crippen molar-refractivity contribution < 1.29 is 9.59 Å². The van der Waals surface area contributed by atoms with Gasteiger partial charge >= 0.3 is 0 Å². The maximum Gasteiger partial charge on any atom is 0.223 e. The average Bonchev–Trinajstić information content (AvgIpc) is 3.42. The lowest BCUT2D eigenvalue weighted by atomic mass is 9.49. The van der Waals surface area contributed by atoms with Crippen molar-refractivity contribution in [1.29, 1.82) is 0 Å². The molecule has 5 fully saturated rings. The summed E-state index contributed by atoms with van der Waals surface area (Å²) in [5.41, 5.74) is 1.46. The number of Topliss-reactive ketones (excluding diaryl/α,β-unsaturated/α-hetero) is 1. The lowest BCUT2D eigenvalue weighted by Gasteiger charge is -2.56. The van der Waals surface area contributed by atoms with E-state index in [2.05, 4.69) is 19.2 Å². The first-order valence-electron chi connectivity index (χ1n) is 12.7. The van der Waals surface area contributed by atoms with Gasteiger partial charge in [0.05, 0.1) is 0 Å². The summed E-state index contributed by atoms with van der Waals surface area (Å²) in [5, 5.41) is 3.54. The summed E-state index contributed by atoms with van der Waals surface area (Å²) in [6.45, 7) is 5.72. The van der Waals surface area contributed by atoms with Gasteiger partial charge in [-0.05, 0) is 86.4 Å². The molecule has 1 N–H and O–H groups in total. The van der Waals surface area contributed by atoms with E-state index in [4.69, 9.17) is 4.99 Å². The number of carbonyl (C=O) groups is 2. The van der Waals surface area contributed by atoms with Crippen LogP contribution >= 0.6 is 0 Å². The minimum atomic E-state index is 0.127. The van der Waals surface area contributed by atoms with E-state index >= 15 is 0 Å². The molecule has 0 aromatic carbocycles. The molecule has 0 aromatic rings. The number of fused-ring (bicyclic) bond motifs is 7. The van der Waals surface area contributed by atoms with Crippen LogP contribution in [0.4, 0.5) is 0 Å². The minimum Gasteiger partial charge on any atom is -0.353 e. The highest BCUT2D eigenvalue weighted by molar-refractivity contribution is 6.07. The number of amides is 1. The Morgan fingerprint density at radius 3 is 2.67 bits per heavy atom.